The number of carbonyl (C=O) groups is 1. The highest BCUT2D eigenvalue weighted by Crippen LogP contribution is 2.38. The predicted octanol–water partition coefficient (Wildman–Crippen LogP) is 2.89. The van der Waals surface area contributed by atoms with Gasteiger partial charge in [0.05, 0.1) is 27.9 Å². The number of rotatable bonds is 7. The Morgan fingerprint density at radius 2 is 1.90 bits per heavy atom. The molecular weight excluding hydrogens is 386 g/mol. The Morgan fingerprint density at radius 3 is 2.53 bits per heavy atom. The molecule has 0 spiro atoms. The molecular formula is C22H27N3O5. The van der Waals surface area contributed by atoms with Crippen LogP contribution in [-0.2, 0) is 4.79 Å². The quantitative estimate of drug-likeness (QED) is 0.646. The van der Waals surface area contributed by atoms with Crippen LogP contribution in [0, 0.1) is 6.92 Å². The van der Waals surface area contributed by atoms with Crippen LogP contribution in [0.4, 0.5) is 0 Å². The molecule has 1 aliphatic rings. The zero-order valence-electron chi connectivity index (χ0n) is 17.8. The van der Waals surface area contributed by atoms with Crippen molar-refractivity contribution in [2.24, 2.45) is 0 Å². The number of ether oxygens (including phenoxy) is 4. The molecule has 1 saturated heterocycles. The molecule has 8 heteroatoms. The van der Waals surface area contributed by atoms with Crippen LogP contribution in [0.25, 0.3) is 6.08 Å². The van der Waals surface area contributed by atoms with Crippen molar-refractivity contribution in [3.63, 3.8) is 0 Å². The van der Waals surface area contributed by atoms with Crippen LogP contribution >= 0.6 is 0 Å². The third kappa shape index (κ3) is 5.20. The summed E-state index contributed by atoms with van der Waals surface area (Å²) in [5, 5.41) is 0. The zero-order valence-corrected chi connectivity index (χ0v) is 17.8. The van der Waals surface area contributed by atoms with Crippen LogP contribution in [0.2, 0.25) is 0 Å². The molecule has 3 rings (SSSR count). The summed E-state index contributed by atoms with van der Waals surface area (Å²) in [6.07, 6.45) is 6.63. The molecule has 0 bridgehead atoms. The molecule has 160 valence electrons. The number of amides is 1. The van der Waals surface area contributed by atoms with Gasteiger partial charge in [-0.2, -0.15) is 4.98 Å². The second-order valence-corrected chi connectivity index (χ2v) is 6.90. The summed E-state index contributed by atoms with van der Waals surface area (Å²) < 4.78 is 22.0. The van der Waals surface area contributed by atoms with E-state index < -0.39 is 0 Å². The molecule has 1 atom stereocenters. The van der Waals surface area contributed by atoms with Crippen molar-refractivity contribution in [1.29, 1.82) is 0 Å². The van der Waals surface area contributed by atoms with Gasteiger partial charge in [0.2, 0.25) is 17.5 Å². The first kappa shape index (κ1) is 21.4. The molecule has 2 aromatic rings. The molecule has 1 aliphatic heterocycles. The Balaban J connectivity index is 1.67. The Kier molecular flexibility index (Phi) is 7.11. The second kappa shape index (κ2) is 9.96. The highest BCUT2D eigenvalue weighted by Gasteiger charge is 2.24. The maximum atomic E-state index is 12.7. The van der Waals surface area contributed by atoms with Gasteiger partial charge in [0, 0.05) is 24.9 Å². The Bertz CT molecular complexity index is 890. The van der Waals surface area contributed by atoms with Crippen LogP contribution in [0.1, 0.15) is 24.2 Å². The van der Waals surface area contributed by atoms with Crippen molar-refractivity contribution >= 4 is 12.0 Å². The number of nitrogens with zero attached hydrogens (tertiary/aromatic N) is 3. The first-order valence-electron chi connectivity index (χ1n) is 9.77. The maximum absolute atomic E-state index is 12.7. The largest absolute Gasteiger partial charge is 0.493 e. The Hall–Kier alpha value is -3.29. The van der Waals surface area contributed by atoms with Gasteiger partial charge < -0.3 is 23.8 Å². The second-order valence-electron chi connectivity index (χ2n) is 6.90. The number of likely N-dealkylation sites (tertiary alicyclic amines) is 1. The summed E-state index contributed by atoms with van der Waals surface area (Å²) in [6.45, 7) is 3.03. The molecule has 0 aliphatic carbocycles. The number of aromatic nitrogens is 2. The lowest BCUT2D eigenvalue weighted by Gasteiger charge is -2.32. The minimum Gasteiger partial charge on any atom is -0.493 e. The molecule has 0 saturated carbocycles. The van der Waals surface area contributed by atoms with Crippen LogP contribution < -0.4 is 18.9 Å². The number of methoxy groups -OCH3 is 3. The summed E-state index contributed by atoms with van der Waals surface area (Å²) in [5.74, 6) is 2.71. The minimum atomic E-state index is -0.0911. The van der Waals surface area contributed by atoms with Gasteiger partial charge in [-0.15, -0.1) is 0 Å². The fourth-order valence-corrected chi connectivity index (χ4v) is 3.38. The summed E-state index contributed by atoms with van der Waals surface area (Å²) in [7, 11) is 4.67. The molecule has 1 aromatic heterocycles. The lowest BCUT2D eigenvalue weighted by Crippen LogP contribution is -2.43. The van der Waals surface area contributed by atoms with Crippen molar-refractivity contribution in [3.8, 4) is 23.1 Å². The molecule has 0 radical (unpaired) electrons. The highest BCUT2D eigenvalue weighted by atomic mass is 16.5. The fourth-order valence-electron chi connectivity index (χ4n) is 3.38. The van der Waals surface area contributed by atoms with E-state index in [-0.39, 0.29) is 12.0 Å². The molecule has 8 nitrogen and oxygen atoms in total. The standard InChI is InChI=1S/C22H27N3O5/c1-15-23-10-9-20(24-15)30-17-6-5-11-25(14-17)21(26)8-7-16-12-18(27-2)22(29-4)19(13-16)28-3/h7-10,12-13,17H,5-6,11,14H2,1-4H3/b8-7+. The molecule has 1 fully saturated rings. The third-order valence-corrected chi connectivity index (χ3v) is 4.83. The van der Waals surface area contributed by atoms with Gasteiger partial charge in [-0.1, -0.05) is 0 Å². The average molecular weight is 413 g/mol. The van der Waals surface area contributed by atoms with Gasteiger partial charge in [0.25, 0.3) is 0 Å². The molecule has 1 amide bonds. The lowest BCUT2D eigenvalue weighted by atomic mass is 10.1. The fraction of sp³-hybridized carbons (Fsp3) is 0.409. The van der Waals surface area contributed by atoms with E-state index in [0.29, 0.717) is 42.0 Å². The van der Waals surface area contributed by atoms with Crippen molar-refractivity contribution < 1.29 is 23.7 Å². The van der Waals surface area contributed by atoms with Gasteiger partial charge >= 0.3 is 0 Å². The highest BCUT2D eigenvalue weighted by molar-refractivity contribution is 5.92. The van der Waals surface area contributed by atoms with Crippen LogP contribution in [0.5, 0.6) is 23.1 Å². The molecule has 1 unspecified atom stereocenters. The van der Waals surface area contributed by atoms with Crippen molar-refractivity contribution in [1.82, 2.24) is 14.9 Å². The molecule has 0 N–H and O–H groups in total. The monoisotopic (exact) mass is 413 g/mol. The summed E-state index contributed by atoms with van der Waals surface area (Å²) in [5.41, 5.74) is 0.777. The van der Waals surface area contributed by atoms with Gasteiger partial charge in [-0.25, -0.2) is 4.98 Å². The average Bonchev–Trinajstić information content (AvgIpc) is 2.76. The normalized spacial score (nSPS) is 16.4. The van der Waals surface area contributed by atoms with E-state index in [1.807, 2.05) is 6.92 Å². The van der Waals surface area contributed by atoms with Gasteiger partial charge in [-0.3, -0.25) is 4.79 Å². The number of benzene rings is 1. The molecule has 2 heterocycles. The molecule has 1 aromatic carbocycles. The lowest BCUT2D eigenvalue weighted by molar-refractivity contribution is -0.128. The van der Waals surface area contributed by atoms with Crippen LogP contribution in [0.3, 0.4) is 0 Å². The zero-order chi connectivity index (χ0) is 21.5. The van der Waals surface area contributed by atoms with Crippen LogP contribution in [0.15, 0.2) is 30.5 Å². The number of carbonyl (C=O) groups excluding carboxylic acids is 1. The summed E-state index contributed by atoms with van der Waals surface area (Å²) >= 11 is 0. The van der Waals surface area contributed by atoms with Crippen molar-refractivity contribution in [2.45, 2.75) is 25.9 Å². The van der Waals surface area contributed by atoms with Crippen molar-refractivity contribution in [3.05, 3.63) is 41.9 Å². The predicted molar refractivity (Wildman–Crippen MR) is 112 cm³/mol. The van der Waals surface area contributed by atoms with E-state index in [1.165, 1.54) is 0 Å². The van der Waals surface area contributed by atoms with E-state index in [0.717, 1.165) is 18.4 Å². The minimum absolute atomic E-state index is 0.0732. The number of aryl methyl sites for hydroxylation is 1. The van der Waals surface area contributed by atoms with Crippen LogP contribution in [-0.4, -0.2) is 61.3 Å². The topological polar surface area (TPSA) is 83.0 Å². The number of piperidine rings is 1. The van der Waals surface area contributed by atoms with E-state index in [4.69, 9.17) is 18.9 Å². The maximum Gasteiger partial charge on any atom is 0.246 e. The summed E-state index contributed by atoms with van der Waals surface area (Å²) in [6, 6.07) is 5.33. The van der Waals surface area contributed by atoms with Gasteiger partial charge in [-0.05, 0) is 43.5 Å². The van der Waals surface area contributed by atoms with E-state index in [9.17, 15) is 4.79 Å². The van der Waals surface area contributed by atoms with Gasteiger partial charge in [0.15, 0.2) is 11.5 Å². The number of hydrogen-bond acceptors (Lipinski definition) is 7. The SMILES string of the molecule is COc1cc(/C=C/C(=O)N2CCCC(Oc3ccnc(C)n3)C2)cc(OC)c1OC. The third-order valence-electron chi connectivity index (χ3n) is 4.83. The number of hydrogen-bond donors (Lipinski definition) is 0. The first-order chi connectivity index (χ1) is 14.5. The van der Waals surface area contributed by atoms with E-state index in [1.54, 1.807) is 62.8 Å². The Labute approximate surface area is 176 Å². The smallest absolute Gasteiger partial charge is 0.246 e. The van der Waals surface area contributed by atoms with E-state index in [2.05, 4.69) is 9.97 Å². The van der Waals surface area contributed by atoms with Crippen molar-refractivity contribution in [2.75, 3.05) is 34.4 Å². The molecule has 30 heavy (non-hydrogen) atoms. The Morgan fingerprint density at radius 1 is 1.17 bits per heavy atom. The van der Waals surface area contributed by atoms with Gasteiger partial charge in [0.1, 0.15) is 11.9 Å². The van der Waals surface area contributed by atoms with E-state index >= 15 is 0 Å². The summed E-state index contributed by atoms with van der Waals surface area (Å²) in [4.78, 5) is 22.9. The first-order valence-corrected chi connectivity index (χ1v) is 9.77.